The molecule has 0 radical (unpaired) electrons. The average molecular weight is 493 g/mol. The lowest BCUT2D eigenvalue weighted by Crippen LogP contribution is -2.47. The Hall–Kier alpha value is -4.15. The number of benzene rings is 2. The van der Waals surface area contributed by atoms with Gasteiger partial charge in [-0.25, -0.2) is 4.98 Å². The topological polar surface area (TPSA) is 88.1 Å². The second-order valence-electron chi connectivity index (χ2n) is 9.64. The third-order valence-electron chi connectivity index (χ3n) is 7.10. The highest BCUT2D eigenvalue weighted by Gasteiger charge is 2.21. The van der Waals surface area contributed by atoms with Crippen LogP contribution in [0.4, 0.5) is 5.69 Å². The molecule has 2 aliphatic heterocycles. The van der Waals surface area contributed by atoms with Crippen molar-refractivity contribution in [3.05, 3.63) is 88.5 Å². The number of likely N-dealkylation sites (N-methyl/N-ethyl adjacent to an activating group) is 1. The summed E-state index contributed by atoms with van der Waals surface area (Å²) in [5.41, 5.74) is 6.02. The molecule has 1 atom stereocenters. The number of rotatable bonds is 5. The summed E-state index contributed by atoms with van der Waals surface area (Å²) in [7, 11) is 2.07. The van der Waals surface area contributed by atoms with Crippen LogP contribution >= 0.6 is 0 Å². The number of piperazine rings is 1. The number of imidazole rings is 1. The quantitative estimate of drug-likeness (QED) is 0.368. The maximum absolute atomic E-state index is 12.7. The zero-order chi connectivity index (χ0) is 25.8. The number of carbonyl (C=O) groups excluding carboxylic acids is 1. The van der Waals surface area contributed by atoms with Crippen LogP contribution in [0.3, 0.4) is 0 Å². The molecule has 0 saturated carbocycles. The molecule has 1 aromatic heterocycles. The van der Waals surface area contributed by atoms with Crippen molar-refractivity contribution < 1.29 is 4.79 Å². The molecular weight excluding hydrogens is 460 g/mol. The second-order valence-corrected chi connectivity index (χ2v) is 9.64. The number of aromatic amines is 1. The minimum Gasteiger partial charge on any atom is -0.384 e. The molecule has 3 N–H and O–H groups in total. The van der Waals surface area contributed by atoms with Crippen LogP contribution in [0.15, 0.2) is 54.7 Å². The van der Waals surface area contributed by atoms with E-state index in [4.69, 9.17) is 5.41 Å². The summed E-state index contributed by atoms with van der Waals surface area (Å²) in [6, 6.07) is 13.6. The Labute approximate surface area is 218 Å². The number of carbonyl (C=O) groups is 1. The van der Waals surface area contributed by atoms with Gasteiger partial charge in [-0.1, -0.05) is 25.0 Å². The van der Waals surface area contributed by atoms with Crippen LogP contribution in [-0.2, 0) is 0 Å². The highest BCUT2D eigenvalue weighted by Crippen LogP contribution is 2.33. The van der Waals surface area contributed by atoms with Crippen LogP contribution in [-0.4, -0.2) is 71.2 Å². The molecule has 37 heavy (non-hydrogen) atoms. The van der Waals surface area contributed by atoms with Gasteiger partial charge in [0.25, 0.3) is 5.91 Å². The predicted octanol–water partition coefficient (Wildman–Crippen LogP) is 4.20. The van der Waals surface area contributed by atoms with Gasteiger partial charge in [0.15, 0.2) is 0 Å². The van der Waals surface area contributed by atoms with Gasteiger partial charge in [-0.15, -0.1) is 0 Å². The highest BCUT2D eigenvalue weighted by molar-refractivity contribution is 6.09. The molecule has 1 fully saturated rings. The molecule has 3 heterocycles. The van der Waals surface area contributed by atoms with Gasteiger partial charge in [-0.2, -0.15) is 0 Å². The fraction of sp³-hybridized carbons (Fsp3) is 0.300. The summed E-state index contributed by atoms with van der Waals surface area (Å²) in [5, 5.41) is 11.9. The predicted molar refractivity (Wildman–Crippen MR) is 148 cm³/mol. The summed E-state index contributed by atoms with van der Waals surface area (Å²) in [6.45, 7) is 6.48. The molecule has 0 aliphatic carbocycles. The number of hydrogen-bond donors (Lipinski definition) is 3. The van der Waals surface area contributed by atoms with E-state index >= 15 is 0 Å². The summed E-state index contributed by atoms with van der Waals surface area (Å²) in [4.78, 5) is 24.4. The molecule has 2 aromatic carbocycles. The van der Waals surface area contributed by atoms with Crippen molar-refractivity contribution in [1.29, 1.82) is 5.41 Å². The first-order valence-electron chi connectivity index (χ1n) is 12.8. The minimum absolute atomic E-state index is 0.0488. The van der Waals surface area contributed by atoms with Crippen LogP contribution in [0, 0.1) is 17.3 Å². The third-order valence-corrected chi connectivity index (χ3v) is 7.10. The Bertz CT molecular complexity index is 1380. The van der Waals surface area contributed by atoms with E-state index in [1.54, 1.807) is 30.5 Å². The molecule has 7 nitrogen and oxygen atoms in total. The van der Waals surface area contributed by atoms with Crippen LogP contribution in [0.5, 0.6) is 0 Å². The summed E-state index contributed by atoms with van der Waals surface area (Å²) in [6.07, 6.45) is 6.29. The van der Waals surface area contributed by atoms with Crippen molar-refractivity contribution in [2.75, 3.05) is 45.1 Å². The van der Waals surface area contributed by atoms with Crippen molar-refractivity contribution in [1.82, 2.24) is 19.8 Å². The van der Waals surface area contributed by atoms with Gasteiger partial charge in [0.2, 0.25) is 0 Å². The van der Waals surface area contributed by atoms with Crippen molar-refractivity contribution >= 4 is 23.4 Å². The lowest BCUT2D eigenvalue weighted by Gasteiger charge is -2.32. The smallest absolute Gasteiger partial charge is 0.253 e. The number of aromatic nitrogens is 2. The van der Waals surface area contributed by atoms with Gasteiger partial charge in [-0.05, 0) is 73.0 Å². The molecule has 2 aliphatic rings. The van der Waals surface area contributed by atoms with Gasteiger partial charge >= 0.3 is 0 Å². The van der Waals surface area contributed by atoms with E-state index in [2.05, 4.69) is 58.1 Å². The average Bonchev–Trinajstić information content (AvgIpc) is 3.57. The van der Waals surface area contributed by atoms with Crippen molar-refractivity contribution in [2.24, 2.45) is 0 Å². The van der Waals surface area contributed by atoms with Gasteiger partial charge < -0.3 is 25.5 Å². The molecule has 188 valence electrons. The fourth-order valence-electron chi connectivity index (χ4n) is 4.71. The SMILES string of the molecule is CCC1CNc2ccc(C#Cc3cnc(C=CC(=N)c4ccc(C(=O)N5CCN(C)CC5)cc4)[nH]3)cc21. The van der Waals surface area contributed by atoms with Gasteiger partial charge in [0.1, 0.15) is 11.5 Å². The zero-order valence-electron chi connectivity index (χ0n) is 21.3. The first-order chi connectivity index (χ1) is 18.0. The van der Waals surface area contributed by atoms with E-state index in [1.165, 1.54) is 11.3 Å². The minimum atomic E-state index is 0.0488. The van der Waals surface area contributed by atoms with Gasteiger partial charge in [0, 0.05) is 55.5 Å². The van der Waals surface area contributed by atoms with Gasteiger partial charge in [-0.3, -0.25) is 4.79 Å². The van der Waals surface area contributed by atoms with E-state index < -0.39 is 0 Å². The molecule has 1 saturated heterocycles. The van der Waals surface area contributed by atoms with E-state index in [1.807, 2.05) is 23.1 Å². The monoisotopic (exact) mass is 492 g/mol. The number of fused-ring (bicyclic) bond motifs is 1. The van der Waals surface area contributed by atoms with Crippen molar-refractivity contribution in [3.8, 4) is 11.8 Å². The normalized spacial score (nSPS) is 17.2. The largest absolute Gasteiger partial charge is 0.384 e. The number of amides is 1. The molecular formula is C30H32N6O. The van der Waals surface area contributed by atoms with Crippen LogP contribution in [0.25, 0.3) is 6.08 Å². The Morgan fingerprint density at radius 2 is 1.86 bits per heavy atom. The maximum Gasteiger partial charge on any atom is 0.253 e. The summed E-state index contributed by atoms with van der Waals surface area (Å²) >= 11 is 0. The van der Waals surface area contributed by atoms with E-state index in [0.717, 1.165) is 56.0 Å². The first kappa shape index (κ1) is 24.5. The number of allylic oxidation sites excluding steroid dienone is 1. The van der Waals surface area contributed by atoms with Crippen molar-refractivity contribution in [3.63, 3.8) is 0 Å². The van der Waals surface area contributed by atoms with E-state index in [0.29, 0.717) is 23.0 Å². The Morgan fingerprint density at radius 3 is 2.62 bits per heavy atom. The molecule has 7 heteroatoms. The fourth-order valence-corrected chi connectivity index (χ4v) is 4.71. The molecule has 5 rings (SSSR count). The molecule has 0 spiro atoms. The Morgan fingerprint density at radius 1 is 1.11 bits per heavy atom. The maximum atomic E-state index is 12.7. The van der Waals surface area contributed by atoms with Crippen LogP contribution in [0.1, 0.15) is 57.8 Å². The summed E-state index contributed by atoms with van der Waals surface area (Å²) < 4.78 is 0. The third kappa shape index (κ3) is 5.65. The molecule has 3 aromatic rings. The number of nitrogens with zero attached hydrogens (tertiary/aromatic N) is 3. The summed E-state index contributed by atoms with van der Waals surface area (Å²) in [5.74, 6) is 7.62. The molecule has 1 amide bonds. The highest BCUT2D eigenvalue weighted by atomic mass is 16.2. The van der Waals surface area contributed by atoms with Crippen LogP contribution < -0.4 is 5.32 Å². The lowest BCUT2D eigenvalue weighted by molar-refractivity contribution is 0.0664. The standard InChI is InChI=1S/C30H32N6O/c1-3-22-19-32-28-12-5-21(18-26(22)28)4-10-25-20-33-29(34-25)13-11-27(31)23-6-8-24(9-7-23)30(37)36-16-14-35(2)15-17-36/h5-9,11-13,18,20,22,31-32H,3,14-17,19H2,1-2H3,(H,33,34). The lowest BCUT2D eigenvalue weighted by atomic mass is 9.97. The Balaban J connectivity index is 1.20. The number of nitrogens with one attached hydrogen (secondary N) is 3. The zero-order valence-corrected chi connectivity index (χ0v) is 21.3. The second kappa shape index (κ2) is 10.9. The number of H-pyrrole nitrogens is 1. The molecule has 1 unspecified atom stereocenters. The van der Waals surface area contributed by atoms with E-state index in [-0.39, 0.29) is 5.91 Å². The Kier molecular flexibility index (Phi) is 7.20. The molecule has 0 bridgehead atoms. The van der Waals surface area contributed by atoms with Crippen LogP contribution in [0.2, 0.25) is 0 Å². The van der Waals surface area contributed by atoms with E-state index in [9.17, 15) is 4.79 Å². The van der Waals surface area contributed by atoms with Gasteiger partial charge in [0.05, 0.1) is 11.9 Å². The number of hydrogen-bond acceptors (Lipinski definition) is 5. The number of anilines is 1. The first-order valence-corrected chi connectivity index (χ1v) is 12.8. The van der Waals surface area contributed by atoms with Crippen molar-refractivity contribution in [2.45, 2.75) is 19.3 Å².